The smallest absolute Gasteiger partial charge is 0.160 e. The third-order valence-corrected chi connectivity index (χ3v) is 10.5. The predicted molar refractivity (Wildman–Crippen MR) is 229 cm³/mol. The van der Waals surface area contributed by atoms with Gasteiger partial charge < -0.3 is 0 Å². The van der Waals surface area contributed by atoms with Gasteiger partial charge in [0.1, 0.15) is 0 Å². The summed E-state index contributed by atoms with van der Waals surface area (Å²) in [4.78, 5) is 20.1. The van der Waals surface area contributed by atoms with Crippen LogP contribution in [0.25, 0.3) is 67.8 Å². The van der Waals surface area contributed by atoms with Gasteiger partial charge in [-0.1, -0.05) is 200 Å². The van der Waals surface area contributed by atoms with Crippen LogP contribution < -0.4 is 0 Å². The van der Waals surface area contributed by atoms with E-state index < -0.39 is 5.41 Å². The lowest BCUT2D eigenvalue weighted by Crippen LogP contribution is -2.25. The fourth-order valence-electron chi connectivity index (χ4n) is 7.36. The molecule has 0 fully saturated rings. The minimum Gasteiger partial charge on any atom is -0.228 e. The van der Waals surface area contributed by atoms with Gasteiger partial charge >= 0.3 is 0 Å². The zero-order chi connectivity index (χ0) is 37.7. The van der Waals surface area contributed by atoms with E-state index in [-0.39, 0.29) is 0 Å². The van der Waals surface area contributed by atoms with Gasteiger partial charge in [-0.3, -0.25) is 0 Å². The Balaban J connectivity index is 1.10. The molecule has 2 heterocycles. The molecule has 0 radical (unpaired) electrons. The summed E-state index contributed by atoms with van der Waals surface area (Å²) < 4.78 is 0. The maximum atomic E-state index is 5.08. The van der Waals surface area contributed by atoms with Crippen LogP contribution in [0.3, 0.4) is 0 Å². The summed E-state index contributed by atoms with van der Waals surface area (Å²) >= 11 is 0. The molecule has 0 spiro atoms. The minimum absolute atomic E-state index is 0.440. The molecule has 0 N–H and O–H groups in total. The number of rotatable bonds is 9. The van der Waals surface area contributed by atoms with E-state index in [2.05, 4.69) is 146 Å². The van der Waals surface area contributed by atoms with Crippen LogP contribution in [-0.4, -0.2) is 19.9 Å². The highest BCUT2D eigenvalue weighted by Crippen LogP contribution is 2.41. The second-order valence-electron chi connectivity index (χ2n) is 14.0. The van der Waals surface area contributed by atoms with Crippen LogP contribution in [-0.2, 0) is 5.41 Å². The molecule has 4 nitrogen and oxygen atoms in total. The molecule has 0 atom stereocenters. The van der Waals surface area contributed by atoms with Crippen LogP contribution in [0.5, 0.6) is 0 Å². The highest BCUT2D eigenvalue weighted by atomic mass is 14.9. The molecule has 0 aliphatic heterocycles. The van der Waals surface area contributed by atoms with E-state index in [4.69, 9.17) is 19.9 Å². The van der Waals surface area contributed by atoms with Gasteiger partial charge in [-0.15, -0.1) is 0 Å². The van der Waals surface area contributed by atoms with Crippen molar-refractivity contribution < 1.29 is 0 Å². The molecule has 7 aromatic carbocycles. The molecule has 9 aromatic rings. The summed E-state index contributed by atoms with van der Waals surface area (Å²) in [6.45, 7) is 2.31. The minimum atomic E-state index is -0.440. The lowest BCUT2D eigenvalue weighted by Gasteiger charge is -2.32. The Morgan fingerprint density at radius 1 is 0.268 bits per heavy atom. The first kappa shape index (κ1) is 34.5. The average molecular weight is 719 g/mol. The largest absolute Gasteiger partial charge is 0.228 e. The van der Waals surface area contributed by atoms with Gasteiger partial charge in [-0.05, 0) is 35.7 Å². The van der Waals surface area contributed by atoms with Gasteiger partial charge in [0.05, 0.1) is 22.8 Å². The van der Waals surface area contributed by atoms with E-state index >= 15 is 0 Å². The Labute approximate surface area is 327 Å². The standard InChI is InChI=1S/C52H38N4/c1-52(43-25-15-6-16-26-43,44-31-27-39(28-32-44)48-35-46(37-17-7-2-8-18-37)53-50(55-48)41-21-11-4-12-22-41)45-33-29-40(30-34-45)49-36-47(38-19-9-3-10-20-38)54-51(56-49)42-23-13-5-14-24-42/h2-36H,1H3. The average Bonchev–Trinajstić information content (AvgIpc) is 3.30. The molecule has 0 saturated heterocycles. The number of hydrogen-bond donors (Lipinski definition) is 0. The van der Waals surface area contributed by atoms with E-state index in [0.29, 0.717) is 11.6 Å². The van der Waals surface area contributed by atoms with Crippen molar-refractivity contribution in [3.05, 3.63) is 229 Å². The van der Waals surface area contributed by atoms with Gasteiger partial charge in [0.2, 0.25) is 0 Å². The molecule has 0 amide bonds. The van der Waals surface area contributed by atoms with Crippen molar-refractivity contribution in [1.29, 1.82) is 0 Å². The van der Waals surface area contributed by atoms with Crippen molar-refractivity contribution in [3.63, 3.8) is 0 Å². The molecule has 0 aliphatic rings. The van der Waals surface area contributed by atoms with Crippen LogP contribution >= 0.6 is 0 Å². The van der Waals surface area contributed by atoms with E-state index in [9.17, 15) is 0 Å². The number of hydrogen-bond acceptors (Lipinski definition) is 4. The third-order valence-electron chi connectivity index (χ3n) is 10.5. The van der Waals surface area contributed by atoms with Gasteiger partial charge in [-0.25, -0.2) is 19.9 Å². The third kappa shape index (κ3) is 6.92. The first-order valence-electron chi connectivity index (χ1n) is 18.9. The van der Waals surface area contributed by atoms with Gasteiger partial charge in [0.25, 0.3) is 0 Å². The molecule has 2 aromatic heterocycles. The Morgan fingerprint density at radius 2 is 0.518 bits per heavy atom. The van der Waals surface area contributed by atoms with Crippen molar-refractivity contribution in [3.8, 4) is 67.8 Å². The summed E-state index contributed by atoms with van der Waals surface area (Å²) in [6.07, 6.45) is 0. The Bertz CT molecular complexity index is 2410. The first-order chi connectivity index (χ1) is 27.6. The van der Waals surface area contributed by atoms with E-state index in [1.807, 2.05) is 72.8 Å². The zero-order valence-electron chi connectivity index (χ0n) is 31.0. The SMILES string of the molecule is CC(c1ccccc1)(c1ccc(-c2cc(-c3ccccc3)nc(-c3ccccc3)n2)cc1)c1ccc(-c2cc(-c3ccccc3)nc(-c3ccccc3)n2)cc1. The van der Waals surface area contributed by atoms with Gasteiger partial charge in [-0.2, -0.15) is 0 Å². The molecular formula is C52H38N4. The monoisotopic (exact) mass is 718 g/mol. The lowest BCUT2D eigenvalue weighted by molar-refractivity contribution is 0.693. The maximum absolute atomic E-state index is 5.08. The highest BCUT2D eigenvalue weighted by Gasteiger charge is 2.31. The van der Waals surface area contributed by atoms with E-state index in [1.165, 1.54) is 16.7 Å². The quantitative estimate of drug-likeness (QED) is 0.139. The highest BCUT2D eigenvalue weighted by molar-refractivity contribution is 5.74. The first-order valence-corrected chi connectivity index (χ1v) is 18.9. The molecule has 56 heavy (non-hydrogen) atoms. The van der Waals surface area contributed by atoms with Gasteiger partial charge in [0, 0.05) is 38.8 Å². The normalized spacial score (nSPS) is 11.3. The van der Waals surface area contributed by atoms with Crippen LogP contribution in [0.15, 0.2) is 212 Å². The fourth-order valence-corrected chi connectivity index (χ4v) is 7.36. The van der Waals surface area contributed by atoms with Crippen molar-refractivity contribution >= 4 is 0 Å². The lowest BCUT2D eigenvalue weighted by atomic mass is 9.71. The number of aromatic nitrogens is 4. The second-order valence-corrected chi connectivity index (χ2v) is 14.0. The maximum Gasteiger partial charge on any atom is 0.160 e. The zero-order valence-corrected chi connectivity index (χ0v) is 31.0. The van der Waals surface area contributed by atoms with Gasteiger partial charge in [0.15, 0.2) is 11.6 Å². The molecule has 0 bridgehead atoms. The molecule has 0 unspecified atom stereocenters. The molecule has 0 saturated carbocycles. The summed E-state index contributed by atoms with van der Waals surface area (Å²) in [5.74, 6) is 1.41. The van der Waals surface area contributed by atoms with Crippen molar-refractivity contribution in [1.82, 2.24) is 19.9 Å². The van der Waals surface area contributed by atoms with E-state index in [0.717, 1.165) is 56.2 Å². The predicted octanol–water partition coefficient (Wildman–Crippen LogP) is 12.6. The summed E-state index contributed by atoms with van der Waals surface area (Å²) in [5.41, 5.74) is 12.8. The van der Waals surface area contributed by atoms with Crippen molar-refractivity contribution in [2.75, 3.05) is 0 Å². The molecule has 0 aliphatic carbocycles. The fraction of sp³-hybridized carbons (Fsp3) is 0.0385. The van der Waals surface area contributed by atoms with Crippen molar-refractivity contribution in [2.24, 2.45) is 0 Å². The topological polar surface area (TPSA) is 51.6 Å². The second kappa shape index (κ2) is 15.2. The van der Waals surface area contributed by atoms with Crippen LogP contribution in [0.4, 0.5) is 0 Å². The number of benzene rings is 7. The summed E-state index contributed by atoms with van der Waals surface area (Å²) in [6, 6.07) is 73.6. The Hall–Kier alpha value is -7.30. The Kier molecular flexibility index (Phi) is 9.36. The summed E-state index contributed by atoms with van der Waals surface area (Å²) in [7, 11) is 0. The molecule has 266 valence electrons. The number of nitrogens with zero attached hydrogens (tertiary/aromatic N) is 4. The Morgan fingerprint density at radius 3 is 0.839 bits per heavy atom. The molecule has 9 rings (SSSR count). The molecular weight excluding hydrogens is 681 g/mol. The van der Waals surface area contributed by atoms with Crippen LogP contribution in [0.2, 0.25) is 0 Å². The van der Waals surface area contributed by atoms with E-state index in [1.54, 1.807) is 0 Å². The van der Waals surface area contributed by atoms with Crippen molar-refractivity contribution in [2.45, 2.75) is 12.3 Å². The van der Waals surface area contributed by atoms with Crippen LogP contribution in [0, 0.1) is 0 Å². The molecule has 4 heteroatoms. The van der Waals surface area contributed by atoms with Crippen LogP contribution in [0.1, 0.15) is 23.6 Å². The summed E-state index contributed by atoms with van der Waals surface area (Å²) in [5, 5.41) is 0.